The summed E-state index contributed by atoms with van der Waals surface area (Å²) in [5.74, 6) is -1.43. The van der Waals surface area contributed by atoms with Crippen LogP contribution in [0.2, 0.25) is 0 Å². The highest BCUT2D eigenvalue weighted by Gasteiger charge is 2.42. The number of aliphatic carboxylic acids is 1. The number of nitrogens with one attached hydrogen (secondary N) is 2. The summed E-state index contributed by atoms with van der Waals surface area (Å²) in [6.07, 6.45) is 2.66. The van der Waals surface area contributed by atoms with Crippen LogP contribution in [0.3, 0.4) is 0 Å². The van der Waals surface area contributed by atoms with Gasteiger partial charge in [-0.1, -0.05) is 25.5 Å². The van der Waals surface area contributed by atoms with Gasteiger partial charge < -0.3 is 21.1 Å². The number of aromatic nitrogens is 2. The first-order chi connectivity index (χ1) is 14.4. The van der Waals surface area contributed by atoms with E-state index in [-0.39, 0.29) is 6.42 Å². The van der Waals surface area contributed by atoms with Crippen LogP contribution in [0, 0.1) is 11.3 Å². The van der Waals surface area contributed by atoms with Gasteiger partial charge in [-0.05, 0) is 42.3 Å². The van der Waals surface area contributed by atoms with E-state index >= 15 is 0 Å². The molecule has 0 saturated heterocycles. The van der Waals surface area contributed by atoms with E-state index in [9.17, 15) is 14.7 Å². The summed E-state index contributed by atoms with van der Waals surface area (Å²) in [7, 11) is 0. The highest BCUT2D eigenvalue weighted by atomic mass is 16.4. The van der Waals surface area contributed by atoms with Gasteiger partial charge in [-0.3, -0.25) is 4.79 Å². The van der Waals surface area contributed by atoms with Gasteiger partial charge in [0.2, 0.25) is 0 Å². The summed E-state index contributed by atoms with van der Waals surface area (Å²) >= 11 is 0. The molecule has 0 bridgehead atoms. The lowest BCUT2D eigenvalue weighted by Crippen LogP contribution is -2.59. The zero-order valence-corrected chi connectivity index (χ0v) is 16.6. The molecule has 8 nitrogen and oxygen atoms in total. The van der Waals surface area contributed by atoms with Crippen molar-refractivity contribution in [2.24, 2.45) is 5.73 Å². The number of carbonyl (C=O) groups excluding carboxylic acids is 1. The van der Waals surface area contributed by atoms with Gasteiger partial charge in [-0.2, -0.15) is 5.26 Å². The number of unbranched alkanes of at least 4 members (excludes halogenated alkanes) is 1. The highest BCUT2D eigenvalue weighted by molar-refractivity contribution is 6.12. The van der Waals surface area contributed by atoms with Crippen molar-refractivity contribution in [2.75, 3.05) is 5.32 Å². The lowest BCUT2D eigenvalue weighted by atomic mass is 9.90. The van der Waals surface area contributed by atoms with E-state index in [0.717, 1.165) is 36.1 Å². The molecule has 0 aliphatic rings. The van der Waals surface area contributed by atoms with Crippen molar-refractivity contribution in [3.8, 4) is 6.07 Å². The third kappa shape index (κ3) is 4.47. The summed E-state index contributed by atoms with van der Waals surface area (Å²) in [6, 6.07) is 13.5. The van der Waals surface area contributed by atoms with Gasteiger partial charge in [-0.25, -0.2) is 9.78 Å². The molecular formula is C22H23N5O3. The molecule has 2 aromatic carbocycles. The Bertz CT molecular complexity index is 1130. The number of H-pyrrole nitrogens is 1. The fraction of sp³-hybridized carbons (Fsp3) is 0.273. The first kappa shape index (κ1) is 21.0. The predicted molar refractivity (Wildman–Crippen MR) is 113 cm³/mol. The molecule has 0 spiro atoms. The first-order valence-corrected chi connectivity index (χ1v) is 9.67. The quantitative estimate of drug-likeness (QED) is 0.424. The average Bonchev–Trinajstić information content (AvgIpc) is 3.14. The minimum atomic E-state index is -2.19. The SMILES string of the molecule is CCCCc1nc2ccc(NC(=O)[C@](N)(Cc3cccc(C#N)c3)C(=O)O)cc2[nH]1. The Hall–Kier alpha value is -3.70. The van der Waals surface area contributed by atoms with Gasteiger partial charge in [0.15, 0.2) is 5.54 Å². The van der Waals surface area contributed by atoms with E-state index in [4.69, 9.17) is 11.0 Å². The molecule has 0 aliphatic carbocycles. The smallest absolute Gasteiger partial charge is 0.333 e. The Kier molecular flexibility index (Phi) is 6.14. The highest BCUT2D eigenvalue weighted by Crippen LogP contribution is 2.21. The standard InChI is InChI=1S/C22H23N5O3/c1-2-3-7-19-26-17-9-8-16(11-18(17)27-19)25-20(28)22(24,21(29)30)12-14-5-4-6-15(10-14)13-23/h4-6,8-11H,2-3,7,12,24H2,1H3,(H,25,28)(H,26,27)(H,29,30)/t22-/m1/s1. The summed E-state index contributed by atoms with van der Waals surface area (Å²) in [4.78, 5) is 32.4. The maximum atomic E-state index is 12.8. The molecule has 0 fully saturated rings. The fourth-order valence-electron chi connectivity index (χ4n) is 3.17. The molecule has 3 aromatic rings. The Balaban J connectivity index is 1.81. The lowest BCUT2D eigenvalue weighted by Gasteiger charge is -2.24. The minimum Gasteiger partial charge on any atom is -0.479 e. The van der Waals surface area contributed by atoms with E-state index in [1.165, 1.54) is 6.07 Å². The zero-order valence-electron chi connectivity index (χ0n) is 16.6. The van der Waals surface area contributed by atoms with E-state index in [2.05, 4.69) is 22.2 Å². The molecule has 3 rings (SSSR count). The van der Waals surface area contributed by atoms with E-state index < -0.39 is 17.4 Å². The van der Waals surface area contributed by atoms with Crippen LogP contribution in [0.25, 0.3) is 11.0 Å². The van der Waals surface area contributed by atoms with Crippen molar-refractivity contribution in [1.29, 1.82) is 5.26 Å². The molecule has 30 heavy (non-hydrogen) atoms. The van der Waals surface area contributed by atoms with Crippen molar-refractivity contribution in [3.63, 3.8) is 0 Å². The predicted octanol–water partition coefficient (Wildman–Crippen LogP) is 2.74. The molecule has 0 aliphatic heterocycles. The number of rotatable bonds is 8. The normalized spacial score (nSPS) is 12.8. The van der Waals surface area contributed by atoms with Crippen molar-refractivity contribution in [3.05, 3.63) is 59.4 Å². The maximum Gasteiger partial charge on any atom is 0.333 e. The average molecular weight is 405 g/mol. The van der Waals surface area contributed by atoms with Crippen molar-refractivity contribution in [2.45, 2.75) is 38.1 Å². The van der Waals surface area contributed by atoms with Gasteiger partial charge in [0.05, 0.1) is 22.7 Å². The van der Waals surface area contributed by atoms with Crippen LogP contribution in [-0.2, 0) is 22.4 Å². The number of fused-ring (bicyclic) bond motifs is 1. The number of anilines is 1. The van der Waals surface area contributed by atoms with Crippen LogP contribution in [0.5, 0.6) is 0 Å². The molecule has 1 aromatic heterocycles. The van der Waals surface area contributed by atoms with Crippen molar-refractivity contribution < 1.29 is 14.7 Å². The maximum absolute atomic E-state index is 12.8. The van der Waals surface area contributed by atoms with Crippen LogP contribution in [0.1, 0.15) is 36.7 Å². The number of amides is 1. The second-order valence-corrected chi connectivity index (χ2v) is 7.24. The molecular weight excluding hydrogens is 382 g/mol. The zero-order chi connectivity index (χ0) is 21.7. The number of aryl methyl sites for hydroxylation is 1. The third-order valence-electron chi connectivity index (χ3n) is 4.88. The monoisotopic (exact) mass is 405 g/mol. The molecule has 154 valence electrons. The number of benzene rings is 2. The fourth-order valence-corrected chi connectivity index (χ4v) is 3.17. The number of nitrogens with zero attached hydrogens (tertiary/aromatic N) is 2. The first-order valence-electron chi connectivity index (χ1n) is 9.67. The van der Waals surface area contributed by atoms with Crippen LogP contribution in [0.15, 0.2) is 42.5 Å². The molecule has 1 atom stereocenters. The third-order valence-corrected chi connectivity index (χ3v) is 4.88. The number of imidazole rings is 1. The lowest BCUT2D eigenvalue weighted by molar-refractivity contribution is -0.147. The van der Waals surface area contributed by atoms with Gasteiger partial charge in [0.25, 0.3) is 5.91 Å². The second-order valence-electron chi connectivity index (χ2n) is 7.24. The molecule has 0 radical (unpaired) electrons. The number of hydrogen-bond donors (Lipinski definition) is 4. The number of carbonyl (C=O) groups is 2. The van der Waals surface area contributed by atoms with Crippen molar-refractivity contribution >= 4 is 28.6 Å². The van der Waals surface area contributed by atoms with Gasteiger partial charge in [0, 0.05) is 18.5 Å². The van der Waals surface area contributed by atoms with Crippen LogP contribution in [0.4, 0.5) is 5.69 Å². The van der Waals surface area contributed by atoms with Gasteiger partial charge in [-0.15, -0.1) is 0 Å². The van der Waals surface area contributed by atoms with Crippen LogP contribution in [-0.4, -0.2) is 32.5 Å². The number of nitriles is 1. The largest absolute Gasteiger partial charge is 0.479 e. The molecule has 5 N–H and O–H groups in total. The van der Waals surface area contributed by atoms with Crippen LogP contribution >= 0.6 is 0 Å². The second kappa shape index (κ2) is 8.76. The Morgan fingerprint density at radius 1 is 1.30 bits per heavy atom. The molecule has 1 amide bonds. The minimum absolute atomic E-state index is 0.253. The number of nitrogens with two attached hydrogens (primary N) is 1. The van der Waals surface area contributed by atoms with Crippen molar-refractivity contribution in [1.82, 2.24) is 9.97 Å². The number of carboxylic acid groups (broad SMARTS) is 1. The summed E-state index contributed by atoms with van der Waals surface area (Å²) in [6.45, 7) is 2.11. The molecule has 0 unspecified atom stereocenters. The Morgan fingerprint density at radius 2 is 2.10 bits per heavy atom. The summed E-state index contributed by atoms with van der Waals surface area (Å²) in [5.41, 5.74) is 6.61. The summed E-state index contributed by atoms with van der Waals surface area (Å²) in [5, 5.41) is 21.3. The Labute approximate surface area is 173 Å². The molecule has 8 heteroatoms. The number of hydrogen-bond acceptors (Lipinski definition) is 5. The van der Waals surface area contributed by atoms with Crippen LogP contribution < -0.4 is 11.1 Å². The number of aromatic amines is 1. The Morgan fingerprint density at radius 3 is 2.80 bits per heavy atom. The van der Waals surface area contributed by atoms with E-state index in [1.54, 1.807) is 36.4 Å². The van der Waals surface area contributed by atoms with Gasteiger partial charge in [0.1, 0.15) is 5.82 Å². The van der Waals surface area contributed by atoms with Gasteiger partial charge >= 0.3 is 5.97 Å². The molecule has 1 heterocycles. The summed E-state index contributed by atoms with van der Waals surface area (Å²) < 4.78 is 0. The topological polar surface area (TPSA) is 145 Å². The van der Waals surface area contributed by atoms with E-state index in [0.29, 0.717) is 16.8 Å². The van der Waals surface area contributed by atoms with E-state index in [1.807, 2.05) is 6.07 Å². The molecule has 0 saturated carbocycles. The number of carboxylic acids is 1.